The predicted octanol–water partition coefficient (Wildman–Crippen LogP) is 4.58. The summed E-state index contributed by atoms with van der Waals surface area (Å²) in [6.07, 6.45) is 20.5. The molecule has 2 heteroatoms. The fourth-order valence-corrected chi connectivity index (χ4v) is 3.52. The Morgan fingerprint density at radius 2 is 1.04 bits per heavy atom. The van der Waals surface area contributed by atoms with Crippen LogP contribution in [0, 0.1) is 23.7 Å². The van der Waals surface area contributed by atoms with E-state index in [4.69, 9.17) is 0 Å². The van der Waals surface area contributed by atoms with E-state index in [2.05, 4.69) is 81.9 Å². The van der Waals surface area contributed by atoms with Gasteiger partial charge in [-0.2, -0.15) is 0 Å². The number of hydrogen-bond acceptors (Lipinski definition) is 0. The molecule has 1 aliphatic rings. The number of fused-ring (bicyclic) bond motifs is 4. The van der Waals surface area contributed by atoms with Crippen molar-refractivity contribution < 1.29 is 9.13 Å². The molecule has 144 valence electrons. The van der Waals surface area contributed by atoms with Crippen LogP contribution in [0.1, 0.15) is 75.3 Å². The van der Waals surface area contributed by atoms with E-state index in [0.717, 1.165) is 37.1 Å². The fraction of sp³-hybridized carbons (Fsp3) is 0.462. The minimum absolute atomic E-state index is 0.991. The summed E-state index contributed by atoms with van der Waals surface area (Å²) >= 11 is 0. The minimum atomic E-state index is 0.991. The predicted molar refractivity (Wildman–Crippen MR) is 113 cm³/mol. The third-order valence-corrected chi connectivity index (χ3v) is 5.12. The van der Waals surface area contributed by atoms with Gasteiger partial charge in [0.15, 0.2) is 24.8 Å². The molecule has 0 atom stereocenters. The zero-order valence-electron chi connectivity index (χ0n) is 17.0. The molecule has 0 amide bonds. The largest absolute Gasteiger partial charge is 0.204 e. The van der Waals surface area contributed by atoms with Gasteiger partial charge in [-0.1, -0.05) is 36.5 Å². The second-order valence-electron chi connectivity index (χ2n) is 7.59. The molecule has 0 saturated heterocycles. The van der Waals surface area contributed by atoms with Crippen molar-refractivity contribution in [2.45, 2.75) is 77.3 Å². The molecule has 0 aliphatic carbocycles. The van der Waals surface area contributed by atoms with Crippen LogP contribution in [-0.4, -0.2) is 0 Å². The molecule has 3 heterocycles. The number of aryl methyl sites for hydroxylation is 2. The van der Waals surface area contributed by atoms with Crippen molar-refractivity contribution in [1.29, 1.82) is 0 Å². The molecule has 1 aliphatic heterocycles. The Morgan fingerprint density at radius 1 is 0.571 bits per heavy atom. The van der Waals surface area contributed by atoms with Crippen LogP contribution in [-0.2, 0) is 13.1 Å². The van der Waals surface area contributed by atoms with Gasteiger partial charge in [-0.3, -0.25) is 0 Å². The molecule has 2 aromatic rings. The second-order valence-corrected chi connectivity index (χ2v) is 7.59. The van der Waals surface area contributed by atoms with Gasteiger partial charge in [0.2, 0.25) is 0 Å². The SMILES string of the molecule is C1#Cc2ccc[n+](c2)CCCCCC[n+]2cccc(c2)C#CCCCCCC1. The molecular formula is C26H32N2+2. The van der Waals surface area contributed by atoms with Crippen molar-refractivity contribution in [3.8, 4) is 23.7 Å². The first-order valence-corrected chi connectivity index (χ1v) is 10.9. The van der Waals surface area contributed by atoms with E-state index in [0.29, 0.717) is 0 Å². The highest BCUT2D eigenvalue weighted by molar-refractivity contribution is 5.30. The first kappa shape index (κ1) is 20.2. The van der Waals surface area contributed by atoms with E-state index in [1.54, 1.807) is 0 Å². The van der Waals surface area contributed by atoms with Crippen LogP contribution in [0.25, 0.3) is 0 Å². The smallest absolute Gasteiger partial charge is 0.184 e. The molecule has 0 spiro atoms. The molecule has 0 unspecified atom stereocenters. The Hall–Kier alpha value is -2.58. The van der Waals surface area contributed by atoms with Crippen LogP contribution in [0.15, 0.2) is 49.1 Å². The van der Waals surface area contributed by atoms with Gasteiger partial charge in [0, 0.05) is 37.8 Å². The first-order valence-electron chi connectivity index (χ1n) is 10.9. The maximum absolute atomic E-state index is 3.34. The number of pyridine rings is 2. The van der Waals surface area contributed by atoms with Crippen LogP contribution >= 0.6 is 0 Å². The van der Waals surface area contributed by atoms with Crippen LogP contribution in [0.4, 0.5) is 0 Å². The van der Waals surface area contributed by atoms with Crippen LogP contribution in [0.5, 0.6) is 0 Å². The van der Waals surface area contributed by atoms with Crippen molar-refractivity contribution in [1.82, 2.24) is 0 Å². The normalized spacial score (nSPS) is 16.3. The lowest BCUT2D eigenvalue weighted by molar-refractivity contribution is -0.699. The maximum Gasteiger partial charge on any atom is 0.184 e. The number of nitrogens with zero attached hydrogens (tertiary/aromatic N) is 2. The summed E-state index contributed by atoms with van der Waals surface area (Å²) in [5.74, 6) is 13.3. The molecular weight excluding hydrogens is 340 g/mol. The molecule has 4 bridgehead atoms. The topological polar surface area (TPSA) is 7.76 Å². The quantitative estimate of drug-likeness (QED) is 0.472. The van der Waals surface area contributed by atoms with Gasteiger partial charge in [-0.05, 0) is 37.8 Å². The Morgan fingerprint density at radius 3 is 1.54 bits per heavy atom. The molecule has 3 rings (SSSR count). The van der Waals surface area contributed by atoms with Gasteiger partial charge in [-0.25, -0.2) is 9.13 Å². The van der Waals surface area contributed by atoms with Gasteiger partial charge in [0.1, 0.15) is 13.1 Å². The standard InChI is InChI=1S/C26H32N2/c1-2-4-6-10-16-26-18-14-22-28(24-26)20-12-8-7-11-19-27-21-13-17-25(23-27)15-9-5-3-1/h13-14,17-18,21-24H,1-8,11-12,19-20H2/q+2. The summed E-state index contributed by atoms with van der Waals surface area (Å²) in [6, 6.07) is 8.47. The van der Waals surface area contributed by atoms with Crippen molar-refractivity contribution in [2.24, 2.45) is 0 Å². The molecule has 0 aromatic carbocycles. The van der Waals surface area contributed by atoms with Crippen LogP contribution in [0.3, 0.4) is 0 Å². The Balaban J connectivity index is 1.59. The van der Waals surface area contributed by atoms with Crippen molar-refractivity contribution in [3.63, 3.8) is 0 Å². The zero-order chi connectivity index (χ0) is 19.3. The van der Waals surface area contributed by atoms with Crippen molar-refractivity contribution >= 4 is 0 Å². The van der Waals surface area contributed by atoms with Gasteiger partial charge >= 0.3 is 0 Å². The highest BCUT2D eigenvalue weighted by Gasteiger charge is 2.04. The number of aromatic nitrogens is 2. The molecule has 28 heavy (non-hydrogen) atoms. The number of hydrogen-bond donors (Lipinski definition) is 0. The van der Waals surface area contributed by atoms with Crippen LogP contribution < -0.4 is 9.13 Å². The van der Waals surface area contributed by atoms with E-state index in [-0.39, 0.29) is 0 Å². The molecule has 2 aromatic heterocycles. The highest BCUT2D eigenvalue weighted by Crippen LogP contribution is 2.05. The average Bonchev–Trinajstić information content (AvgIpc) is 2.72. The van der Waals surface area contributed by atoms with E-state index >= 15 is 0 Å². The molecule has 2 nitrogen and oxygen atoms in total. The van der Waals surface area contributed by atoms with E-state index in [1.807, 2.05) is 0 Å². The summed E-state index contributed by atoms with van der Waals surface area (Å²) in [5.41, 5.74) is 2.27. The van der Waals surface area contributed by atoms with E-state index in [1.165, 1.54) is 51.4 Å². The minimum Gasteiger partial charge on any atom is -0.204 e. The van der Waals surface area contributed by atoms with Gasteiger partial charge in [0.05, 0.1) is 11.1 Å². The molecule has 0 fully saturated rings. The third-order valence-electron chi connectivity index (χ3n) is 5.12. The lowest BCUT2D eigenvalue weighted by Gasteiger charge is -2.00. The lowest BCUT2D eigenvalue weighted by atomic mass is 10.1. The van der Waals surface area contributed by atoms with E-state index in [9.17, 15) is 0 Å². The fourth-order valence-electron chi connectivity index (χ4n) is 3.52. The summed E-state index contributed by atoms with van der Waals surface area (Å²) in [5, 5.41) is 0. The summed E-state index contributed by atoms with van der Waals surface area (Å²) in [7, 11) is 0. The summed E-state index contributed by atoms with van der Waals surface area (Å²) in [6.45, 7) is 2.15. The van der Waals surface area contributed by atoms with Gasteiger partial charge < -0.3 is 0 Å². The molecule has 0 saturated carbocycles. The lowest BCUT2D eigenvalue weighted by Crippen LogP contribution is -2.33. The third kappa shape index (κ3) is 7.58. The highest BCUT2D eigenvalue weighted by atomic mass is 14.9. The molecule has 0 N–H and O–H groups in total. The first-order chi connectivity index (χ1) is 13.9. The Kier molecular flexibility index (Phi) is 8.64. The Bertz CT molecular complexity index is 787. The average molecular weight is 373 g/mol. The van der Waals surface area contributed by atoms with Crippen molar-refractivity contribution in [2.75, 3.05) is 0 Å². The Labute approximate surface area is 170 Å². The maximum atomic E-state index is 3.34. The van der Waals surface area contributed by atoms with E-state index < -0.39 is 0 Å². The van der Waals surface area contributed by atoms with Gasteiger partial charge in [0.25, 0.3) is 0 Å². The summed E-state index contributed by atoms with van der Waals surface area (Å²) < 4.78 is 4.57. The summed E-state index contributed by atoms with van der Waals surface area (Å²) in [4.78, 5) is 0. The zero-order valence-corrected chi connectivity index (χ0v) is 17.0. The molecule has 0 radical (unpaired) electrons. The second kappa shape index (κ2) is 12.0. The monoisotopic (exact) mass is 372 g/mol. The van der Waals surface area contributed by atoms with Gasteiger partial charge in [-0.15, -0.1) is 0 Å². The van der Waals surface area contributed by atoms with Crippen molar-refractivity contribution in [3.05, 3.63) is 60.2 Å². The number of rotatable bonds is 0. The van der Waals surface area contributed by atoms with Crippen LogP contribution in [0.2, 0.25) is 0 Å².